The summed E-state index contributed by atoms with van der Waals surface area (Å²) in [5, 5.41) is 0. The average molecular weight is 243 g/mol. The summed E-state index contributed by atoms with van der Waals surface area (Å²) in [6.45, 7) is 0. The zero-order valence-corrected chi connectivity index (χ0v) is 7.73. The SMILES string of the molecule is N[C@@H](c1ccc(F)c(C(F)(F)F)c1)C(F)F. The van der Waals surface area contributed by atoms with Crippen molar-refractivity contribution >= 4 is 0 Å². The first-order chi connectivity index (χ1) is 7.23. The molecule has 0 radical (unpaired) electrons. The molecule has 0 aliphatic carbocycles. The Hall–Kier alpha value is -1.24. The summed E-state index contributed by atoms with van der Waals surface area (Å²) in [7, 11) is 0. The number of alkyl halides is 5. The number of nitrogens with two attached hydrogens (primary N) is 1. The van der Waals surface area contributed by atoms with Crippen LogP contribution in [-0.2, 0) is 6.18 Å². The van der Waals surface area contributed by atoms with E-state index in [1.54, 1.807) is 0 Å². The fraction of sp³-hybridized carbons (Fsp3) is 0.333. The first-order valence-corrected chi connectivity index (χ1v) is 4.14. The normalized spacial score (nSPS) is 14.2. The van der Waals surface area contributed by atoms with E-state index in [2.05, 4.69) is 0 Å². The largest absolute Gasteiger partial charge is 0.419 e. The molecule has 1 aromatic carbocycles. The van der Waals surface area contributed by atoms with Crippen LogP contribution in [0.25, 0.3) is 0 Å². The molecule has 0 aliphatic rings. The summed E-state index contributed by atoms with van der Waals surface area (Å²) in [6.07, 6.45) is -7.94. The summed E-state index contributed by atoms with van der Waals surface area (Å²) < 4.78 is 73.7. The van der Waals surface area contributed by atoms with Gasteiger partial charge in [-0.3, -0.25) is 0 Å². The van der Waals surface area contributed by atoms with Crippen LogP contribution in [0.15, 0.2) is 18.2 Å². The van der Waals surface area contributed by atoms with E-state index < -0.39 is 35.6 Å². The topological polar surface area (TPSA) is 26.0 Å². The van der Waals surface area contributed by atoms with Gasteiger partial charge >= 0.3 is 6.18 Å². The second-order valence-electron chi connectivity index (χ2n) is 3.10. The highest BCUT2D eigenvalue weighted by molar-refractivity contribution is 5.29. The van der Waals surface area contributed by atoms with Crippen LogP contribution in [-0.4, -0.2) is 6.43 Å². The fourth-order valence-electron chi connectivity index (χ4n) is 1.11. The van der Waals surface area contributed by atoms with Crippen LogP contribution in [0, 0.1) is 5.82 Å². The Morgan fingerprint density at radius 2 is 1.69 bits per heavy atom. The van der Waals surface area contributed by atoms with Gasteiger partial charge in [0.25, 0.3) is 6.43 Å². The van der Waals surface area contributed by atoms with Gasteiger partial charge in [0.1, 0.15) is 5.82 Å². The second kappa shape index (κ2) is 4.32. The molecule has 1 rings (SSSR count). The molecule has 0 unspecified atom stereocenters. The van der Waals surface area contributed by atoms with Crippen LogP contribution in [0.4, 0.5) is 26.3 Å². The van der Waals surface area contributed by atoms with Crippen molar-refractivity contribution in [3.63, 3.8) is 0 Å². The molecule has 1 aromatic rings. The molecule has 7 heteroatoms. The Bertz CT molecular complexity index is 373. The van der Waals surface area contributed by atoms with E-state index in [-0.39, 0.29) is 0 Å². The maximum absolute atomic E-state index is 12.8. The summed E-state index contributed by atoms with van der Waals surface area (Å²) in [5.74, 6) is -1.52. The minimum atomic E-state index is -4.93. The van der Waals surface area contributed by atoms with E-state index in [9.17, 15) is 26.3 Å². The lowest BCUT2D eigenvalue weighted by molar-refractivity contribution is -0.140. The van der Waals surface area contributed by atoms with E-state index in [1.807, 2.05) is 0 Å². The highest BCUT2D eigenvalue weighted by atomic mass is 19.4. The zero-order valence-electron chi connectivity index (χ0n) is 7.73. The molecule has 1 nitrogen and oxygen atoms in total. The van der Waals surface area contributed by atoms with Gasteiger partial charge in [-0.15, -0.1) is 0 Å². The zero-order chi connectivity index (χ0) is 12.5. The number of halogens is 6. The molecular formula is C9H7F6N. The minimum absolute atomic E-state index is 0.298. The lowest BCUT2D eigenvalue weighted by Gasteiger charge is -2.14. The smallest absolute Gasteiger partial charge is 0.319 e. The molecule has 0 fully saturated rings. The molecule has 0 bridgehead atoms. The van der Waals surface area contributed by atoms with Crippen molar-refractivity contribution in [2.45, 2.75) is 18.6 Å². The van der Waals surface area contributed by atoms with Crippen LogP contribution >= 0.6 is 0 Å². The molecule has 0 saturated heterocycles. The monoisotopic (exact) mass is 243 g/mol. The Morgan fingerprint density at radius 3 is 2.12 bits per heavy atom. The third-order valence-electron chi connectivity index (χ3n) is 1.95. The summed E-state index contributed by atoms with van der Waals surface area (Å²) >= 11 is 0. The van der Waals surface area contributed by atoms with E-state index in [4.69, 9.17) is 5.73 Å². The first-order valence-electron chi connectivity index (χ1n) is 4.14. The third kappa shape index (κ3) is 2.66. The average Bonchev–Trinajstić information content (AvgIpc) is 2.15. The Kier molecular flexibility index (Phi) is 3.47. The Balaban J connectivity index is 3.18. The van der Waals surface area contributed by atoms with Gasteiger partial charge in [-0.2, -0.15) is 13.2 Å². The van der Waals surface area contributed by atoms with Crippen molar-refractivity contribution in [1.29, 1.82) is 0 Å². The molecule has 0 amide bonds. The van der Waals surface area contributed by atoms with E-state index in [1.165, 1.54) is 0 Å². The molecule has 0 aromatic heterocycles. The fourth-order valence-corrected chi connectivity index (χ4v) is 1.11. The van der Waals surface area contributed by atoms with Crippen LogP contribution in [0.1, 0.15) is 17.2 Å². The van der Waals surface area contributed by atoms with Crippen molar-refractivity contribution in [2.75, 3.05) is 0 Å². The van der Waals surface area contributed by atoms with Gasteiger partial charge in [-0.25, -0.2) is 13.2 Å². The van der Waals surface area contributed by atoms with Crippen LogP contribution < -0.4 is 5.73 Å². The van der Waals surface area contributed by atoms with Crippen molar-refractivity contribution in [3.8, 4) is 0 Å². The molecular weight excluding hydrogens is 236 g/mol. The maximum atomic E-state index is 12.8. The predicted octanol–water partition coefficient (Wildman–Crippen LogP) is 3.11. The summed E-state index contributed by atoms with van der Waals surface area (Å²) in [4.78, 5) is 0. The third-order valence-corrected chi connectivity index (χ3v) is 1.95. The summed E-state index contributed by atoms with van der Waals surface area (Å²) in [5.41, 5.74) is 2.91. The first kappa shape index (κ1) is 12.8. The number of hydrogen-bond acceptors (Lipinski definition) is 1. The van der Waals surface area contributed by atoms with Gasteiger partial charge in [0.15, 0.2) is 0 Å². The second-order valence-corrected chi connectivity index (χ2v) is 3.10. The quantitative estimate of drug-likeness (QED) is 0.793. The predicted molar refractivity (Wildman–Crippen MR) is 44.3 cm³/mol. The van der Waals surface area contributed by atoms with Gasteiger partial charge in [-0.05, 0) is 17.7 Å². The standard InChI is InChI=1S/C9H7F6N/c10-6-2-1-4(7(16)8(11)12)3-5(6)9(13,14)15/h1-3,7-8H,16H2/t7-/m0/s1. The molecule has 2 N–H and O–H groups in total. The minimum Gasteiger partial charge on any atom is -0.319 e. The van der Waals surface area contributed by atoms with Gasteiger partial charge in [0, 0.05) is 0 Å². The van der Waals surface area contributed by atoms with Crippen molar-refractivity contribution in [3.05, 3.63) is 35.1 Å². The number of hydrogen-bond donors (Lipinski definition) is 1. The van der Waals surface area contributed by atoms with Gasteiger partial charge < -0.3 is 5.73 Å². The van der Waals surface area contributed by atoms with Crippen LogP contribution in [0.5, 0.6) is 0 Å². The van der Waals surface area contributed by atoms with Crippen LogP contribution in [0.3, 0.4) is 0 Å². The molecule has 90 valence electrons. The van der Waals surface area contributed by atoms with Crippen molar-refractivity contribution < 1.29 is 26.3 Å². The lowest BCUT2D eigenvalue weighted by Crippen LogP contribution is -2.20. The lowest BCUT2D eigenvalue weighted by atomic mass is 10.0. The Morgan fingerprint density at radius 1 is 1.12 bits per heavy atom. The summed E-state index contributed by atoms with van der Waals surface area (Å²) in [6, 6.07) is -0.282. The molecule has 0 saturated carbocycles. The van der Waals surface area contributed by atoms with E-state index >= 15 is 0 Å². The van der Waals surface area contributed by atoms with Crippen molar-refractivity contribution in [1.82, 2.24) is 0 Å². The molecule has 0 aliphatic heterocycles. The number of benzene rings is 1. The van der Waals surface area contributed by atoms with E-state index in [0.29, 0.717) is 12.1 Å². The highest BCUT2D eigenvalue weighted by Crippen LogP contribution is 2.33. The molecule has 0 heterocycles. The highest BCUT2D eigenvalue weighted by Gasteiger charge is 2.35. The molecule has 0 spiro atoms. The number of rotatable bonds is 2. The van der Waals surface area contributed by atoms with Gasteiger partial charge in [-0.1, -0.05) is 6.07 Å². The van der Waals surface area contributed by atoms with E-state index in [0.717, 1.165) is 6.07 Å². The van der Waals surface area contributed by atoms with Gasteiger partial charge in [0.05, 0.1) is 11.6 Å². The Labute approximate surface area is 86.9 Å². The molecule has 1 atom stereocenters. The maximum Gasteiger partial charge on any atom is 0.419 e. The van der Waals surface area contributed by atoms with Crippen molar-refractivity contribution in [2.24, 2.45) is 5.73 Å². The van der Waals surface area contributed by atoms with Gasteiger partial charge in [0.2, 0.25) is 0 Å². The van der Waals surface area contributed by atoms with Crippen LogP contribution in [0.2, 0.25) is 0 Å². The molecule has 16 heavy (non-hydrogen) atoms.